The predicted molar refractivity (Wildman–Crippen MR) is 90.3 cm³/mol. The van der Waals surface area contributed by atoms with E-state index >= 15 is 0 Å². The van der Waals surface area contributed by atoms with Crippen molar-refractivity contribution in [3.05, 3.63) is 34.9 Å². The van der Waals surface area contributed by atoms with Gasteiger partial charge in [0, 0.05) is 6.04 Å². The van der Waals surface area contributed by atoms with E-state index in [-0.39, 0.29) is 0 Å². The molecule has 2 atom stereocenters. The van der Waals surface area contributed by atoms with Crippen LogP contribution in [0.4, 0.5) is 0 Å². The summed E-state index contributed by atoms with van der Waals surface area (Å²) < 4.78 is 0. The molecule has 0 heterocycles. The smallest absolute Gasteiger partial charge is 0.0322 e. The predicted octanol–water partition coefficient (Wildman–Crippen LogP) is 5.56. The van der Waals surface area contributed by atoms with Crippen LogP contribution in [0.2, 0.25) is 0 Å². The maximum absolute atomic E-state index is 3.69. The van der Waals surface area contributed by atoms with Crippen molar-refractivity contribution in [1.82, 2.24) is 5.32 Å². The first-order valence-corrected chi connectivity index (χ1v) is 8.42. The Morgan fingerprint density at radius 1 is 1.05 bits per heavy atom. The van der Waals surface area contributed by atoms with Gasteiger partial charge in [-0.25, -0.2) is 0 Å². The van der Waals surface area contributed by atoms with Crippen LogP contribution in [-0.4, -0.2) is 6.54 Å². The van der Waals surface area contributed by atoms with E-state index in [1.54, 1.807) is 0 Å². The summed E-state index contributed by atoms with van der Waals surface area (Å²) in [7, 11) is 0. The lowest BCUT2D eigenvalue weighted by atomic mass is 9.88. The Morgan fingerprint density at radius 3 is 2.35 bits per heavy atom. The average Bonchev–Trinajstić information content (AvgIpc) is 2.45. The van der Waals surface area contributed by atoms with Crippen molar-refractivity contribution in [2.24, 2.45) is 5.92 Å². The van der Waals surface area contributed by atoms with Crippen molar-refractivity contribution in [3.63, 3.8) is 0 Å². The van der Waals surface area contributed by atoms with Crippen molar-refractivity contribution in [1.29, 1.82) is 0 Å². The molecule has 1 N–H and O–H groups in total. The number of hydrogen-bond donors (Lipinski definition) is 1. The highest BCUT2D eigenvalue weighted by Crippen LogP contribution is 2.27. The number of nitrogens with one attached hydrogen (secondary N) is 1. The molecule has 0 saturated heterocycles. The molecule has 0 spiro atoms. The zero-order valence-corrected chi connectivity index (χ0v) is 14.1. The summed E-state index contributed by atoms with van der Waals surface area (Å²) >= 11 is 0. The Labute approximate surface area is 126 Å². The Bertz CT molecular complexity index is 383. The molecule has 20 heavy (non-hydrogen) atoms. The minimum Gasteiger partial charge on any atom is -0.310 e. The zero-order chi connectivity index (χ0) is 15.0. The first-order chi connectivity index (χ1) is 9.62. The second-order valence-electron chi connectivity index (χ2n) is 6.11. The largest absolute Gasteiger partial charge is 0.310 e. The van der Waals surface area contributed by atoms with Gasteiger partial charge in [-0.05, 0) is 49.4 Å². The summed E-state index contributed by atoms with van der Waals surface area (Å²) in [4.78, 5) is 0. The maximum atomic E-state index is 3.69. The maximum Gasteiger partial charge on any atom is 0.0322 e. The molecule has 0 aromatic heterocycles. The highest BCUT2D eigenvalue weighted by Gasteiger charge is 2.16. The van der Waals surface area contributed by atoms with Gasteiger partial charge in [-0.3, -0.25) is 0 Å². The van der Waals surface area contributed by atoms with Crippen molar-refractivity contribution in [3.8, 4) is 0 Å². The standard InChI is InChI=1S/C19H33N/c1-6-9-10-17(7-2)14-19(20-8-3)18-12-11-15(4)16(5)13-18/h11-13,17,19-20H,6-10,14H2,1-5H3. The fourth-order valence-electron chi connectivity index (χ4n) is 2.88. The molecule has 1 nitrogen and oxygen atoms in total. The van der Waals surface area contributed by atoms with Gasteiger partial charge in [0.25, 0.3) is 0 Å². The molecule has 0 aliphatic heterocycles. The lowest BCUT2D eigenvalue weighted by molar-refractivity contribution is 0.357. The first kappa shape index (κ1) is 17.2. The highest BCUT2D eigenvalue weighted by atomic mass is 14.9. The Morgan fingerprint density at radius 2 is 1.80 bits per heavy atom. The first-order valence-electron chi connectivity index (χ1n) is 8.42. The van der Waals surface area contributed by atoms with Gasteiger partial charge in [0.1, 0.15) is 0 Å². The molecule has 2 unspecified atom stereocenters. The van der Waals surface area contributed by atoms with Crippen LogP contribution < -0.4 is 5.32 Å². The summed E-state index contributed by atoms with van der Waals surface area (Å²) in [6.07, 6.45) is 6.62. The van der Waals surface area contributed by atoms with Crippen LogP contribution in [-0.2, 0) is 0 Å². The molecular weight excluding hydrogens is 242 g/mol. The summed E-state index contributed by atoms with van der Waals surface area (Å²) in [5.41, 5.74) is 4.26. The van der Waals surface area contributed by atoms with Crippen molar-refractivity contribution in [2.75, 3.05) is 6.54 Å². The van der Waals surface area contributed by atoms with E-state index in [2.05, 4.69) is 58.1 Å². The fourth-order valence-corrected chi connectivity index (χ4v) is 2.88. The minimum atomic E-state index is 0.515. The Kier molecular flexibility index (Phi) is 7.91. The van der Waals surface area contributed by atoms with Gasteiger partial charge in [-0.1, -0.05) is 64.7 Å². The minimum absolute atomic E-state index is 0.515. The molecule has 0 fully saturated rings. The van der Waals surface area contributed by atoms with Crippen LogP contribution in [0.15, 0.2) is 18.2 Å². The van der Waals surface area contributed by atoms with Crippen LogP contribution in [0, 0.1) is 19.8 Å². The van der Waals surface area contributed by atoms with Crippen molar-refractivity contribution >= 4 is 0 Å². The monoisotopic (exact) mass is 275 g/mol. The molecule has 0 bridgehead atoms. The average molecular weight is 275 g/mol. The van der Waals surface area contributed by atoms with Crippen LogP contribution >= 0.6 is 0 Å². The summed E-state index contributed by atoms with van der Waals surface area (Å²) in [5, 5.41) is 3.69. The van der Waals surface area contributed by atoms with Crippen molar-refractivity contribution < 1.29 is 0 Å². The van der Waals surface area contributed by atoms with Gasteiger partial charge >= 0.3 is 0 Å². The molecular formula is C19H33N. The van der Waals surface area contributed by atoms with E-state index in [0.717, 1.165) is 12.5 Å². The third-order valence-electron chi connectivity index (χ3n) is 4.50. The molecule has 1 rings (SSSR count). The second-order valence-corrected chi connectivity index (χ2v) is 6.11. The van der Waals surface area contributed by atoms with Gasteiger partial charge in [0.15, 0.2) is 0 Å². The van der Waals surface area contributed by atoms with Crippen LogP contribution in [0.25, 0.3) is 0 Å². The Balaban J connectivity index is 2.78. The second kappa shape index (κ2) is 9.18. The van der Waals surface area contributed by atoms with Crippen LogP contribution in [0.1, 0.15) is 75.6 Å². The topological polar surface area (TPSA) is 12.0 Å². The number of benzene rings is 1. The molecule has 1 aromatic carbocycles. The molecule has 1 heteroatoms. The molecule has 0 aliphatic rings. The summed E-state index contributed by atoms with van der Waals surface area (Å²) in [6, 6.07) is 7.46. The molecule has 0 radical (unpaired) electrons. The van der Waals surface area contributed by atoms with Crippen molar-refractivity contribution in [2.45, 2.75) is 72.8 Å². The van der Waals surface area contributed by atoms with Crippen LogP contribution in [0.5, 0.6) is 0 Å². The molecule has 0 amide bonds. The van der Waals surface area contributed by atoms with Gasteiger partial charge in [-0.2, -0.15) is 0 Å². The van der Waals surface area contributed by atoms with Gasteiger partial charge < -0.3 is 5.32 Å². The van der Waals surface area contributed by atoms with Gasteiger partial charge in [0.2, 0.25) is 0 Å². The normalized spacial score (nSPS) is 14.2. The SMILES string of the molecule is CCCCC(CC)CC(NCC)c1ccc(C)c(C)c1. The van der Waals surface area contributed by atoms with Gasteiger partial charge in [-0.15, -0.1) is 0 Å². The van der Waals surface area contributed by atoms with E-state index in [4.69, 9.17) is 0 Å². The highest BCUT2D eigenvalue weighted by molar-refractivity contribution is 5.31. The van der Waals surface area contributed by atoms with Gasteiger partial charge in [0.05, 0.1) is 0 Å². The lowest BCUT2D eigenvalue weighted by Gasteiger charge is -2.24. The third kappa shape index (κ3) is 5.28. The third-order valence-corrected chi connectivity index (χ3v) is 4.50. The molecule has 114 valence electrons. The number of aryl methyl sites for hydroxylation is 2. The lowest BCUT2D eigenvalue weighted by Crippen LogP contribution is -2.23. The van der Waals surface area contributed by atoms with E-state index in [0.29, 0.717) is 6.04 Å². The number of hydrogen-bond acceptors (Lipinski definition) is 1. The van der Waals surface area contributed by atoms with Crippen LogP contribution in [0.3, 0.4) is 0 Å². The Hall–Kier alpha value is -0.820. The summed E-state index contributed by atoms with van der Waals surface area (Å²) in [6.45, 7) is 12.3. The fraction of sp³-hybridized carbons (Fsp3) is 0.684. The van der Waals surface area contributed by atoms with E-state index in [1.807, 2.05) is 0 Å². The zero-order valence-electron chi connectivity index (χ0n) is 14.1. The molecule has 0 aliphatic carbocycles. The summed E-state index contributed by atoms with van der Waals surface area (Å²) in [5.74, 6) is 0.848. The van der Waals surface area contributed by atoms with E-state index in [1.165, 1.54) is 48.8 Å². The molecule has 1 aromatic rings. The number of unbranched alkanes of at least 4 members (excludes halogenated alkanes) is 1. The van der Waals surface area contributed by atoms with E-state index in [9.17, 15) is 0 Å². The molecule has 0 saturated carbocycles. The number of rotatable bonds is 9. The van der Waals surface area contributed by atoms with E-state index < -0.39 is 0 Å². The quantitative estimate of drug-likeness (QED) is 0.622.